The van der Waals surface area contributed by atoms with Gasteiger partial charge in [0.2, 0.25) is 0 Å². The van der Waals surface area contributed by atoms with E-state index in [9.17, 15) is 0 Å². The molecule has 0 aromatic heterocycles. The summed E-state index contributed by atoms with van der Waals surface area (Å²) in [5.41, 5.74) is 2.32. The average molecular weight is 427 g/mol. The van der Waals surface area contributed by atoms with Gasteiger partial charge in [0.25, 0.3) is 0 Å². The maximum absolute atomic E-state index is 5.50. The standard InChI is InChI=1S/C24H34N4O3/c1-25-24(26-16-19-9-12-21(30-3)15-23(19)31-4)27-17-22(28-13-5-6-14-28)18-7-10-20(29-2)11-8-18/h7-12,15,22H,5-6,13-14,16-17H2,1-4H3,(H2,25,26,27). The van der Waals surface area contributed by atoms with E-state index in [-0.39, 0.29) is 6.04 Å². The number of nitrogens with zero attached hydrogens (tertiary/aromatic N) is 2. The molecule has 1 unspecified atom stereocenters. The van der Waals surface area contributed by atoms with Gasteiger partial charge in [0.05, 0.1) is 27.4 Å². The average Bonchev–Trinajstić information content (AvgIpc) is 3.36. The van der Waals surface area contributed by atoms with Gasteiger partial charge in [0.15, 0.2) is 5.96 Å². The molecule has 7 nitrogen and oxygen atoms in total. The number of guanidine groups is 1. The van der Waals surface area contributed by atoms with Crippen LogP contribution in [0, 0.1) is 0 Å². The number of nitrogens with one attached hydrogen (secondary N) is 2. The van der Waals surface area contributed by atoms with Crippen molar-refractivity contribution in [3.05, 3.63) is 53.6 Å². The summed E-state index contributed by atoms with van der Waals surface area (Å²) in [6.45, 7) is 3.61. The van der Waals surface area contributed by atoms with Crippen molar-refractivity contribution in [1.82, 2.24) is 15.5 Å². The van der Waals surface area contributed by atoms with Gasteiger partial charge >= 0.3 is 0 Å². The molecule has 31 heavy (non-hydrogen) atoms. The molecule has 0 saturated carbocycles. The van der Waals surface area contributed by atoms with E-state index in [0.29, 0.717) is 6.54 Å². The maximum Gasteiger partial charge on any atom is 0.191 e. The largest absolute Gasteiger partial charge is 0.497 e. The molecule has 1 aliphatic heterocycles. The first kappa shape index (κ1) is 22.7. The van der Waals surface area contributed by atoms with E-state index in [2.05, 4.69) is 32.7 Å². The molecule has 1 aliphatic rings. The molecule has 0 spiro atoms. The molecular weight excluding hydrogens is 392 g/mol. The Bertz CT molecular complexity index is 848. The van der Waals surface area contributed by atoms with E-state index < -0.39 is 0 Å². The number of hydrogen-bond acceptors (Lipinski definition) is 5. The Kier molecular flexibility index (Phi) is 8.41. The molecule has 1 fully saturated rings. The molecule has 7 heteroatoms. The third-order valence-electron chi connectivity index (χ3n) is 5.71. The van der Waals surface area contributed by atoms with Crippen LogP contribution >= 0.6 is 0 Å². The third-order valence-corrected chi connectivity index (χ3v) is 5.71. The highest BCUT2D eigenvalue weighted by atomic mass is 16.5. The molecule has 1 atom stereocenters. The van der Waals surface area contributed by atoms with E-state index in [0.717, 1.165) is 48.4 Å². The van der Waals surface area contributed by atoms with E-state index in [1.54, 1.807) is 28.4 Å². The summed E-state index contributed by atoms with van der Waals surface area (Å²) in [6.07, 6.45) is 2.49. The minimum absolute atomic E-state index is 0.280. The molecule has 2 aromatic rings. The van der Waals surface area contributed by atoms with Crippen LogP contribution in [0.5, 0.6) is 17.2 Å². The summed E-state index contributed by atoms with van der Waals surface area (Å²) in [6, 6.07) is 14.5. The zero-order chi connectivity index (χ0) is 22.1. The van der Waals surface area contributed by atoms with E-state index >= 15 is 0 Å². The van der Waals surface area contributed by atoms with Gasteiger partial charge in [-0.1, -0.05) is 12.1 Å². The van der Waals surface area contributed by atoms with E-state index in [1.807, 2.05) is 30.3 Å². The number of likely N-dealkylation sites (tertiary alicyclic amines) is 1. The number of methoxy groups -OCH3 is 3. The van der Waals surface area contributed by atoms with Gasteiger partial charge in [-0.15, -0.1) is 0 Å². The van der Waals surface area contributed by atoms with Crippen LogP contribution in [0.2, 0.25) is 0 Å². The molecule has 3 rings (SSSR count). The van der Waals surface area contributed by atoms with Gasteiger partial charge in [-0.3, -0.25) is 9.89 Å². The Morgan fingerprint density at radius 2 is 1.61 bits per heavy atom. The van der Waals surface area contributed by atoms with Crippen LogP contribution in [0.4, 0.5) is 0 Å². The summed E-state index contributed by atoms with van der Waals surface area (Å²) in [4.78, 5) is 6.94. The minimum Gasteiger partial charge on any atom is -0.497 e. The Balaban J connectivity index is 1.64. The second kappa shape index (κ2) is 11.5. The van der Waals surface area contributed by atoms with Crippen molar-refractivity contribution < 1.29 is 14.2 Å². The van der Waals surface area contributed by atoms with Gasteiger partial charge in [-0.25, -0.2) is 0 Å². The van der Waals surface area contributed by atoms with Gasteiger partial charge in [-0.05, 0) is 55.8 Å². The number of rotatable bonds is 9. The predicted octanol–water partition coefficient (Wildman–Crippen LogP) is 3.21. The molecule has 0 aliphatic carbocycles. The van der Waals surface area contributed by atoms with Gasteiger partial charge in [0.1, 0.15) is 17.2 Å². The first-order valence-corrected chi connectivity index (χ1v) is 10.7. The topological polar surface area (TPSA) is 67.4 Å². The molecule has 0 bridgehead atoms. The van der Waals surface area contributed by atoms with Gasteiger partial charge in [0, 0.05) is 31.8 Å². The van der Waals surface area contributed by atoms with Crippen molar-refractivity contribution in [2.24, 2.45) is 4.99 Å². The van der Waals surface area contributed by atoms with Crippen LogP contribution in [0.3, 0.4) is 0 Å². The first-order valence-electron chi connectivity index (χ1n) is 10.7. The van der Waals surface area contributed by atoms with Crippen molar-refractivity contribution in [3.63, 3.8) is 0 Å². The Labute approximate surface area is 185 Å². The molecule has 1 heterocycles. The monoisotopic (exact) mass is 426 g/mol. The number of benzene rings is 2. The number of ether oxygens (including phenoxy) is 3. The van der Waals surface area contributed by atoms with Crippen molar-refractivity contribution >= 4 is 5.96 Å². The van der Waals surface area contributed by atoms with Crippen LogP contribution in [-0.2, 0) is 6.54 Å². The molecule has 2 aromatic carbocycles. The van der Waals surface area contributed by atoms with Crippen LogP contribution in [0.15, 0.2) is 47.5 Å². The highest BCUT2D eigenvalue weighted by Crippen LogP contribution is 2.26. The van der Waals surface area contributed by atoms with Crippen molar-refractivity contribution in [1.29, 1.82) is 0 Å². The molecule has 2 N–H and O–H groups in total. The highest BCUT2D eigenvalue weighted by Gasteiger charge is 2.23. The van der Waals surface area contributed by atoms with Crippen LogP contribution < -0.4 is 24.8 Å². The first-order chi connectivity index (χ1) is 15.2. The summed E-state index contributed by atoms with van der Waals surface area (Å²) < 4.78 is 16.1. The molecular formula is C24H34N4O3. The predicted molar refractivity (Wildman–Crippen MR) is 124 cm³/mol. The molecule has 168 valence electrons. The minimum atomic E-state index is 0.280. The fourth-order valence-corrected chi connectivity index (χ4v) is 3.93. The summed E-state index contributed by atoms with van der Waals surface area (Å²) in [5, 5.41) is 6.90. The van der Waals surface area contributed by atoms with Crippen molar-refractivity contribution in [3.8, 4) is 17.2 Å². The lowest BCUT2D eigenvalue weighted by molar-refractivity contribution is 0.245. The zero-order valence-corrected chi connectivity index (χ0v) is 19.0. The fourth-order valence-electron chi connectivity index (χ4n) is 3.93. The lowest BCUT2D eigenvalue weighted by Gasteiger charge is -2.29. The number of hydrogen-bond donors (Lipinski definition) is 2. The zero-order valence-electron chi connectivity index (χ0n) is 19.0. The van der Waals surface area contributed by atoms with Crippen LogP contribution in [-0.4, -0.2) is 58.9 Å². The third kappa shape index (κ3) is 6.04. The van der Waals surface area contributed by atoms with Gasteiger partial charge in [-0.2, -0.15) is 0 Å². The molecule has 0 radical (unpaired) electrons. The SMILES string of the molecule is CN=C(NCc1ccc(OC)cc1OC)NCC(c1ccc(OC)cc1)N1CCCC1. The van der Waals surface area contributed by atoms with E-state index in [1.165, 1.54) is 18.4 Å². The van der Waals surface area contributed by atoms with Crippen LogP contribution in [0.1, 0.15) is 30.0 Å². The van der Waals surface area contributed by atoms with Crippen LogP contribution in [0.25, 0.3) is 0 Å². The highest BCUT2D eigenvalue weighted by molar-refractivity contribution is 5.79. The maximum atomic E-state index is 5.50. The van der Waals surface area contributed by atoms with Crippen molar-refractivity contribution in [2.75, 3.05) is 48.0 Å². The smallest absolute Gasteiger partial charge is 0.191 e. The van der Waals surface area contributed by atoms with Gasteiger partial charge < -0.3 is 24.8 Å². The summed E-state index contributed by atoms with van der Waals surface area (Å²) in [5.74, 6) is 3.20. The normalized spacial score (nSPS) is 15.4. The molecule has 0 amide bonds. The summed E-state index contributed by atoms with van der Waals surface area (Å²) in [7, 11) is 6.81. The summed E-state index contributed by atoms with van der Waals surface area (Å²) >= 11 is 0. The Morgan fingerprint density at radius 3 is 2.23 bits per heavy atom. The quantitative estimate of drug-likeness (QED) is 0.474. The Morgan fingerprint density at radius 1 is 0.935 bits per heavy atom. The lowest BCUT2D eigenvalue weighted by atomic mass is 10.1. The van der Waals surface area contributed by atoms with E-state index in [4.69, 9.17) is 14.2 Å². The Hall–Kier alpha value is -2.93. The second-order valence-corrected chi connectivity index (χ2v) is 7.52. The molecule has 1 saturated heterocycles. The number of aliphatic imine (C=N–C) groups is 1. The fraction of sp³-hybridized carbons (Fsp3) is 0.458. The lowest BCUT2D eigenvalue weighted by Crippen LogP contribution is -2.42. The van der Waals surface area contributed by atoms with Crippen molar-refractivity contribution in [2.45, 2.75) is 25.4 Å². The second-order valence-electron chi connectivity index (χ2n) is 7.52.